The minimum atomic E-state index is 0.578. The molecule has 0 amide bonds. The molecule has 0 bridgehead atoms. The van der Waals surface area contributed by atoms with Crippen LogP contribution in [-0.2, 0) is 4.79 Å². The highest BCUT2D eigenvalue weighted by atomic mass is 16.5. The number of ether oxygens (including phenoxy) is 1. The monoisotopic (exact) mass is 221 g/mol. The Bertz CT molecular complexity index is 647. The predicted molar refractivity (Wildman–Crippen MR) is 67.8 cm³/mol. The van der Waals surface area contributed by atoms with Crippen LogP contribution in [0.4, 0.5) is 0 Å². The molecule has 2 heteroatoms. The van der Waals surface area contributed by atoms with E-state index in [1.54, 1.807) is 0 Å². The Morgan fingerprint density at radius 1 is 0.824 bits per heavy atom. The van der Waals surface area contributed by atoms with E-state index in [9.17, 15) is 4.79 Å². The van der Waals surface area contributed by atoms with Crippen LogP contribution in [0.2, 0.25) is 0 Å². The summed E-state index contributed by atoms with van der Waals surface area (Å²) in [6.07, 6.45) is 0. The van der Waals surface area contributed by atoms with E-state index in [4.69, 9.17) is 4.74 Å². The Morgan fingerprint density at radius 2 is 1.35 bits per heavy atom. The second-order valence-corrected chi connectivity index (χ2v) is 3.83. The Kier molecular flexibility index (Phi) is 2.26. The summed E-state index contributed by atoms with van der Waals surface area (Å²) in [6.45, 7) is 1.52. The molecular weight excluding hydrogens is 212 g/mol. The molecule has 3 aromatic carbocycles. The zero-order valence-electron chi connectivity index (χ0n) is 9.01. The first-order chi connectivity index (χ1) is 8.40. The zero-order chi connectivity index (χ0) is 11.7. The summed E-state index contributed by atoms with van der Waals surface area (Å²) in [7, 11) is 0. The Balaban J connectivity index is 2.51. The summed E-state index contributed by atoms with van der Waals surface area (Å²) in [5, 5.41) is 3.96. The molecule has 0 aliphatic heterocycles. The highest BCUT2D eigenvalue weighted by molar-refractivity contribution is 6.05. The quantitative estimate of drug-likeness (QED) is 0.619. The van der Waals surface area contributed by atoms with Crippen molar-refractivity contribution in [2.45, 2.75) is 0 Å². The summed E-state index contributed by atoms with van der Waals surface area (Å²) >= 11 is 0. The van der Waals surface area contributed by atoms with Crippen molar-refractivity contribution in [3.8, 4) is 5.75 Å². The third-order valence-corrected chi connectivity index (χ3v) is 2.87. The van der Waals surface area contributed by atoms with Crippen LogP contribution in [0.25, 0.3) is 21.5 Å². The first-order valence-corrected chi connectivity index (χ1v) is 5.34. The maximum atomic E-state index is 10.5. The average molecular weight is 221 g/mol. The van der Waals surface area contributed by atoms with Gasteiger partial charge in [-0.1, -0.05) is 48.5 Å². The normalized spacial score (nSPS) is 10.6. The van der Waals surface area contributed by atoms with E-state index >= 15 is 0 Å². The van der Waals surface area contributed by atoms with Crippen LogP contribution in [0.5, 0.6) is 5.75 Å². The van der Waals surface area contributed by atoms with Gasteiger partial charge in [-0.05, 0) is 16.8 Å². The van der Waals surface area contributed by atoms with Gasteiger partial charge in [-0.2, -0.15) is 0 Å². The number of hydrogen-bond acceptors (Lipinski definition) is 2. The van der Waals surface area contributed by atoms with E-state index in [2.05, 4.69) is 6.07 Å². The van der Waals surface area contributed by atoms with E-state index in [0.29, 0.717) is 5.75 Å². The fraction of sp³-hybridized carbons (Fsp3) is 0. The number of fused-ring (bicyclic) bond motifs is 2. The molecule has 0 saturated carbocycles. The molecule has 0 heterocycles. The van der Waals surface area contributed by atoms with Crippen LogP contribution < -0.4 is 4.74 Å². The van der Waals surface area contributed by atoms with E-state index in [0.717, 1.165) is 21.5 Å². The lowest BCUT2D eigenvalue weighted by Crippen LogP contribution is -1.91. The molecule has 0 fully saturated rings. The molecule has 0 atom stereocenters. The SMILES string of the molecule is O=[C]Oc1c2ccccc2cc2ccccc12. The minimum absolute atomic E-state index is 0.578. The molecule has 0 aliphatic rings. The Hall–Kier alpha value is -2.35. The number of carbonyl (C=O) groups excluding carboxylic acids is 1. The average Bonchev–Trinajstić information content (AvgIpc) is 2.39. The summed E-state index contributed by atoms with van der Waals surface area (Å²) in [4.78, 5) is 10.5. The first-order valence-electron chi connectivity index (χ1n) is 5.34. The molecule has 2 nitrogen and oxygen atoms in total. The second-order valence-electron chi connectivity index (χ2n) is 3.83. The van der Waals surface area contributed by atoms with Gasteiger partial charge < -0.3 is 4.74 Å². The van der Waals surface area contributed by atoms with Gasteiger partial charge in [-0.25, -0.2) is 4.79 Å². The van der Waals surface area contributed by atoms with Crippen molar-refractivity contribution in [1.82, 2.24) is 0 Å². The van der Waals surface area contributed by atoms with Gasteiger partial charge in [0.1, 0.15) is 5.75 Å². The van der Waals surface area contributed by atoms with Crippen molar-refractivity contribution in [2.75, 3.05) is 0 Å². The second kappa shape index (κ2) is 3.91. The lowest BCUT2D eigenvalue weighted by atomic mass is 10.0. The summed E-state index contributed by atoms with van der Waals surface area (Å²) in [6, 6.07) is 17.7. The first kappa shape index (κ1) is 9.85. The third-order valence-electron chi connectivity index (χ3n) is 2.87. The van der Waals surface area contributed by atoms with E-state index < -0.39 is 0 Å². The largest absolute Gasteiger partial charge is 0.423 e. The van der Waals surface area contributed by atoms with Crippen molar-refractivity contribution < 1.29 is 9.53 Å². The van der Waals surface area contributed by atoms with E-state index in [1.165, 1.54) is 6.47 Å². The van der Waals surface area contributed by atoms with Gasteiger partial charge in [0.05, 0.1) is 0 Å². The van der Waals surface area contributed by atoms with Gasteiger partial charge in [-0.3, -0.25) is 0 Å². The molecule has 0 aliphatic carbocycles. The summed E-state index contributed by atoms with van der Waals surface area (Å²) < 4.78 is 5.03. The summed E-state index contributed by atoms with van der Waals surface area (Å²) in [5.41, 5.74) is 0. The topological polar surface area (TPSA) is 26.3 Å². The minimum Gasteiger partial charge on any atom is -0.417 e. The van der Waals surface area contributed by atoms with Crippen LogP contribution in [0.3, 0.4) is 0 Å². The Labute approximate surface area is 98.4 Å². The molecule has 0 aromatic heterocycles. The van der Waals surface area contributed by atoms with Crippen molar-refractivity contribution in [3.05, 3.63) is 54.6 Å². The van der Waals surface area contributed by atoms with Crippen molar-refractivity contribution in [1.29, 1.82) is 0 Å². The van der Waals surface area contributed by atoms with Gasteiger partial charge in [0, 0.05) is 10.8 Å². The highest BCUT2D eigenvalue weighted by Gasteiger charge is 2.08. The molecule has 0 N–H and O–H groups in total. The lowest BCUT2D eigenvalue weighted by Gasteiger charge is -2.08. The number of hydrogen-bond donors (Lipinski definition) is 0. The molecular formula is C15H9O2. The van der Waals surface area contributed by atoms with Crippen LogP contribution in [-0.4, -0.2) is 6.47 Å². The highest BCUT2D eigenvalue weighted by Crippen LogP contribution is 2.34. The lowest BCUT2D eigenvalue weighted by molar-refractivity contribution is 0.448. The van der Waals surface area contributed by atoms with Crippen LogP contribution in [0.1, 0.15) is 0 Å². The molecule has 81 valence electrons. The number of benzene rings is 3. The van der Waals surface area contributed by atoms with Gasteiger partial charge >= 0.3 is 6.47 Å². The third kappa shape index (κ3) is 1.54. The number of rotatable bonds is 2. The fourth-order valence-corrected chi connectivity index (χ4v) is 2.12. The summed E-state index contributed by atoms with van der Waals surface area (Å²) in [5.74, 6) is 0.578. The predicted octanol–water partition coefficient (Wildman–Crippen LogP) is 3.44. The van der Waals surface area contributed by atoms with Crippen molar-refractivity contribution >= 4 is 28.0 Å². The van der Waals surface area contributed by atoms with E-state index in [1.807, 2.05) is 48.5 Å². The van der Waals surface area contributed by atoms with Crippen molar-refractivity contribution in [2.24, 2.45) is 0 Å². The van der Waals surface area contributed by atoms with Crippen LogP contribution in [0.15, 0.2) is 54.6 Å². The smallest absolute Gasteiger partial charge is 0.417 e. The maximum Gasteiger partial charge on any atom is 0.423 e. The van der Waals surface area contributed by atoms with Crippen molar-refractivity contribution in [3.63, 3.8) is 0 Å². The van der Waals surface area contributed by atoms with Gasteiger partial charge in [0.25, 0.3) is 0 Å². The molecule has 3 rings (SSSR count). The fourth-order valence-electron chi connectivity index (χ4n) is 2.12. The van der Waals surface area contributed by atoms with Gasteiger partial charge in [-0.15, -0.1) is 0 Å². The molecule has 0 saturated heterocycles. The van der Waals surface area contributed by atoms with Crippen LogP contribution in [0, 0.1) is 0 Å². The molecule has 0 unspecified atom stereocenters. The zero-order valence-corrected chi connectivity index (χ0v) is 9.01. The molecule has 1 radical (unpaired) electrons. The van der Waals surface area contributed by atoms with E-state index in [-0.39, 0.29) is 0 Å². The maximum absolute atomic E-state index is 10.5. The molecule has 0 spiro atoms. The molecule has 17 heavy (non-hydrogen) atoms. The Morgan fingerprint density at radius 3 is 1.88 bits per heavy atom. The van der Waals surface area contributed by atoms with Crippen LogP contribution >= 0.6 is 0 Å². The van der Waals surface area contributed by atoms with Gasteiger partial charge in [0.2, 0.25) is 0 Å². The standard InChI is InChI=1S/C15H9O2/c16-10-17-15-13-7-3-1-5-11(13)9-12-6-2-4-8-14(12)15/h1-9H. The van der Waals surface area contributed by atoms with Gasteiger partial charge in [0.15, 0.2) is 0 Å². The molecule has 3 aromatic rings.